The van der Waals surface area contributed by atoms with E-state index in [2.05, 4.69) is 34.3 Å². The Balaban J connectivity index is 2.46. The molecule has 0 aliphatic carbocycles. The van der Waals surface area contributed by atoms with Gasteiger partial charge in [-0.05, 0) is 35.6 Å². The topological polar surface area (TPSA) is 9.23 Å². The lowest BCUT2D eigenvalue weighted by molar-refractivity contribution is 0.415. The number of hydrogen-bond donors (Lipinski definition) is 0. The molecule has 0 bridgehead atoms. The summed E-state index contributed by atoms with van der Waals surface area (Å²) in [6, 6.07) is 5.69. The summed E-state index contributed by atoms with van der Waals surface area (Å²) in [5.74, 6) is 0.591. The SMILES string of the molecule is COc1cc(Cl)c(C(Br)c2sccc2C)cc1Cl. The first-order chi connectivity index (χ1) is 8.54. The molecule has 0 amide bonds. The maximum absolute atomic E-state index is 6.28. The fourth-order valence-electron chi connectivity index (χ4n) is 1.68. The van der Waals surface area contributed by atoms with Gasteiger partial charge in [0, 0.05) is 16.0 Å². The summed E-state index contributed by atoms with van der Waals surface area (Å²) in [5, 5.41) is 3.28. The quantitative estimate of drug-likeness (QED) is 0.619. The van der Waals surface area contributed by atoms with Crippen LogP contribution in [0.15, 0.2) is 23.6 Å². The van der Waals surface area contributed by atoms with Crippen LogP contribution in [0.25, 0.3) is 0 Å². The first-order valence-electron chi connectivity index (χ1n) is 5.25. The maximum atomic E-state index is 6.28. The molecule has 1 aromatic heterocycles. The van der Waals surface area contributed by atoms with Gasteiger partial charge in [0.05, 0.1) is 17.0 Å². The summed E-state index contributed by atoms with van der Waals surface area (Å²) in [4.78, 5) is 1.28. The van der Waals surface area contributed by atoms with Gasteiger partial charge < -0.3 is 4.74 Å². The van der Waals surface area contributed by atoms with Crippen molar-refractivity contribution >= 4 is 50.5 Å². The molecule has 1 atom stereocenters. The minimum absolute atomic E-state index is 0.0495. The van der Waals surface area contributed by atoms with Gasteiger partial charge in [0.15, 0.2) is 0 Å². The van der Waals surface area contributed by atoms with Crippen LogP contribution >= 0.6 is 50.5 Å². The van der Waals surface area contributed by atoms with Crippen molar-refractivity contribution in [2.24, 2.45) is 0 Å². The van der Waals surface area contributed by atoms with Gasteiger partial charge in [-0.25, -0.2) is 0 Å². The number of halogens is 3. The van der Waals surface area contributed by atoms with Gasteiger partial charge in [0.25, 0.3) is 0 Å². The lowest BCUT2D eigenvalue weighted by Crippen LogP contribution is -1.95. The number of aryl methyl sites for hydroxylation is 1. The predicted molar refractivity (Wildman–Crippen MR) is 82.8 cm³/mol. The van der Waals surface area contributed by atoms with Crippen LogP contribution in [0.3, 0.4) is 0 Å². The third-order valence-electron chi connectivity index (χ3n) is 2.68. The summed E-state index contributed by atoms with van der Waals surface area (Å²) in [6.45, 7) is 2.08. The number of ether oxygens (including phenoxy) is 1. The molecule has 0 N–H and O–H groups in total. The molecule has 0 fully saturated rings. The first kappa shape index (κ1) is 14.2. The third kappa shape index (κ3) is 2.69. The van der Waals surface area contributed by atoms with Crippen LogP contribution in [0.5, 0.6) is 5.75 Å². The van der Waals surface area contributed by atoms with Crippen LogP contribution in [0.4, 0.5) is 0 Å². The molecule has 1 aromatic carbocycles. The van der Waals surface area contributed by atoms with Crippen molar-refractivity contribution in [1.29, 1.82) is 0 Å². The number of benzene rings is 1. The van der Waals surface area contributed by atoms with Crippen LogP contribution in [-0.4, -0.2) is 7.11 Å². The molecule has 5 heteroatoms. The van der Waals surface area contributed by atoms with Gasteiger partial charge in [-0.1, -0.05) is 39.1 Å². The Morgan fingerprint density at radius 1 is 1.28 bits per heavy atom. The lowest BCUT2D eigenvalue weighted by atomic mass is 10.1. The van der Waals surface area contributed by atoms with Crippen molar-refractivity contribution in [3.05, 3.63) is 49.6 Å². The van der Waals surface area contributed by atoms with Gasteiger partial charge in [-0.3, -0.25) is 0 Å². The van der Waals surface area contributed by atoms with E-state index in [-0.39, 0.29) is 4.83 Å². The Kier molecular flexibility index (Phi) is 4.59. The van der Waals surface area contributed by atoms with Gasteiger partial charge in [0.1, 0.15) is 5.75 Å². The second-order valence-electron chi connectivity index (χ2n) is 3.84. The van der Waals surface area contributed by atoms with E-state index in [1.165, 1.54) is 10.4 Å². The smallest absolute Gasteiger partial charge is 0.138 e. The monoisotopic (exact) mass is 364 g/mol. The van der Waals surface area contributed by atoms with E-state index in [4.69, 9.17) is 27.9 Å². The average Bonchev–Trinajstić information content (AvgIpc) is 2.77. The Bertz CT molecular complexity index is 568. The Labute approximate surface area is 129 Å². The van der Waals surface area contributed by atoms with E-state index in [9.17, 15) is 0 Å². The summed E-state index contributed by atoms with van der Waals surface area (Å²) in [6.07, 6.45) is 0. The van der Waals surface area contributed by atoms with Crippen LogP contribution in [-0.2, 0) is 0 Å². The number of hydrogen-bond acceptors (Lipinski definition) is 2. The van der Waals surface area contributed by atoms with E-state index in [0.29, 0.717) is 15.8 Å². The molecule has 1 heterocycles. The van der Waals surface area contributed by atoms with E-state index >= 15 is 0 Å². The van der Waals surface area contributed by atoms with Crippen LogP contribution in [0, 0.1) is 6.92 Å². The van der Waals surface area contributed by atoms with Crippen LogP contribution in [0.1, 0.15) is 20.8 Å². The van der Waals surface area contributed by atoms with Crippen molar-refractivity contribution in [3.8, 4) is 5.75 Å². The fraction of sp³-hybridized carbons (Fsp3) is 0.231. The molecule has 0 aliphatic heterocycles. The molecule has 2 rings (SSSR count). The molecule has 18 heavy (non-hydrogen) atoms. The van der Waals surface area contributed by atoms with Gasteiger partial charge in [-0.15, -0.1) is 11.3 Å². The highest BCUT2D eigenvalue weighted by Crippen LogP contribution is 2.42. The van der Waals surface area contributed by atoms with Gasteiger partial charge in [0.2, 0.25) is 0 Å². The molecule has 0 radical (unpaired) electrons. The number of methoxy groups -OCH3 is 1. The van der Waals surface area contributed by atoms with Crippen LogP contribution in [0.2, 0.25) is 10.0 Å². The standard InChI is InChI=1S/C13H11BrCl2OS/c1-7-3-4-18-13(7)12(14)8-5-10(16)11(17-2)6-9(8)15/h3-6,12H,1-2H3. The van der Waals surface area contributed by atoms with Gasteiger partial charge in [-0.2, -0.15) is 0 Å². The van der Waals surface area contributed by atoms with E-state index in [1.54, 1.807) is 24.5 Å². The molecule has 0 spiro atoms. The van der Waals surface area contributed by atoms with E-state index in [0.717, 1.165) is 5.56 Å². The molecule has 1 nitrogen and oxygen atoms in total. The molecule has 1 unspecified atom stereocenters. The Morgan fingerprint density at radius 2 is 2.00 bits per heavy atom. The zero-order valence-corrected chi connectivity index (χ0v) is 13.8. The third-order valence-corrected chi connectivity index (χ3v) is 5.64. The van der Waals surface area contributed by atoms with Gasteiger partial charge >= 0.3 is 0 Å². The Hall–Kier alpha value is -0.220. The second kappa shape index (κ2) is 5.83. The first-order valence-corrected chi connectivity index (χ1v) is 7.80. The molecular formula is C13H11BrCl2OS. The summed E-state index contributed by atoms with van der Waals surface area (Å²) in [5.41, 5.74) is 2.19. The molecule has 0 saturated carbocycles. The highest BCUT2D eigenvalue weighted by Gasteiger charge is 2.19. The van der Waals surface area contributed by atoms with Crippen molar-refractivity contribution in [1.82, 2.24) is 0 Å². The molecular weight excluding hydrogens is 355 g/mol. The number of rotatable bonds is 3. The summed E-state index contributed by atoms with van der Waals surface area (Å²) >= 11 is 17.8. The largest absolute Gasteiger partial charge is 0.495 e. The molecule has 0 saturated heterocycles. The fourth-order valence-corrected chi connectivity index (χ4v) is 4.31. The number of thiophene rings is 1. The minimum Gasteiger partial charge on any atom is -0.495 e. The highest BCUT2D eigenvalue weighted by atomic mass is 79.9. The maximum Gasteiger partial charge on any atom is 0.138 e. The van der Waals surface area contributed by atoms with Crippen molar-refractivity contribution in [3.63, 3.8) is 0 Å². The zero-order chi connectivity index (χ0) is 13.3. The predicted octanol–water partition coefficient (Wildman–Crippen LogP) is 5.86. The van der Waals surface area contributed by atoms with Crippen molar-refractivity contribution in [2.75, 3.05) is 7.11 Å². The number of alkyl halides is 1. The Morgan fingerprint density at radius 3 is 2.56 bits per heavy atom. The van der Waals surface area contributed by atoms with E-state index in [1.807, 2.05) is 6.07 Å². The minimum atomic E-state index is 0.0495. The highest BCUT2D eigenvalue weighted by molar-refractivity contribution is 9.09. The normalized spacial score (nSPS) is 12.5. The molecule has 0 aliphatic rings. The molecule has 96 valence electrons. The van der Waals surface area contributed by atoms with Crippen molar-refractivity contribution in [2.45, 2.75) is 11.8 Å². The summed E-state index contributed by atoms with van der Waals surface area (Å²) < 4.78 is 5.15. The molecule has 2 aromatic rings. The van der Waals surface area contributed by atoms with E-state index < -0.39 is 0 Å². The summed E-state index contributed by atoms with van der Waals surface area (Å²) in [7, 11) is 1.58. The van der Waals surface area contributed by atoms with Crippen molar-refractivity contribution < 1.29 is 4.74 Å². The zero-order valence-electron chi connectivity index (χ0n) is 9.84. The average molecular weight is 366 g/mol. The van der Waals surface area contributed by atoms with Crippen LogP contribution < -0.4 is 4.74 Å². The lowest BCUT2D eigenvalue weighted by Gasteiger charge is -2.14. The second-order valence-corrected chi connectivity index (χ2v) is 6.52.